The molecule has 0 aromatic carbocycles. The van der Waals surface area contributed by atoms with Crippen molar-refractivity contribution in [1.82, 2.24) is 19.7 Å². The first kappa shape index (κ1) is 15.8. The van der Waals surface area contributed by atoms with Crippen LogP contribution < -0.4 is 5.32 Å². The Kier molecular flexibility index (Phi) is 4.37. The molecule has 24 heavy (non-hydrogen) atoms. The van der Waals surface area contributed by atoms with Crippen molar-refractivity contribution < 1.29 is 4.79 Å². The molecule has 2 aromatic heterocycles. The van der Waals surface area contributed by atoms with Crippen molar-refractivity contribution in [2.75, 3.05) is 25.0 Å². The van der Waals surface area contributed by atoms with Gasteiger partial charge in [-0.05, 0) is 44.7 Å². The first-order valence-corrected chi connectivity index (χ1v) is 9.49. The number of aryl methyl sites for hydroxylation is 3. The topological polar surface area (TPSA) is 63.1 Å². The van der Waals surface area contributed by atoms with Gasteiger partial charge >= 0.3 is 0 Å². The number of hydrogen-bond donors (Lipinski definition) is 1. The highest BCUT2D eigenvalue weighted by Crippen LogP contribution is 2.30. The van der Waals surface area contributed by atoms with Crippen LogP contribution in [0.5, 0.6) is 0 Å². The number of aromatic nitrogens is 3. The molecule has 1 fully saturated rings. The average Bonchev–Trinajstić information content (AvgIpc) is 3.23. The molecule has 0 spiro atoms. The van der Waals surface area contributed by atoms with Crippen LogP contribution in [0.25, 0.3) is 0 Å². The Balaban J connectivity index is 1.34. The summed E-state index contributed by atoms with van der Waals surface area (Å²) in [6.45, 7) is 2.34. The third-order valence-corrected chi connectivity index (χ3v) is 6.06. The smallest absolute Gasteiger partial charge is 0.240 e. The lowest BCUT2D eigenvalue weighted by molar-refractivity contribution is -0.117. The fourth-order valence-corrected chi connectivity index (χ4v) is 4.90. The maximum Gasteiger partial charge on any atom is 0.240 e. The first-order chi connectivity index (χ1) is 11.7. The summed E-state index contributed by atoms with van der Waals surface area (Å²) in [6, 6.07) is 2.09. The third-order valence-electron chi connectivity index (χ3n) is 4.99. The molecule has 1 unspecified atom stereocenters. The summed E-state index contributed by atoms with van der Waals surface area (Å²) >= 11 is 1.64. The van der Waals surface area contributed by atoms with E-state index in [9.17, 15) is 4.79 Å². The van der Waals surface area contributed by atoms with E-state index in [0.717, 1.165) is 43.9 Å². The van der Waals surface area contributed by atoms with Gasteiger partial charge in [0, 0.05) is 36.3 Å². The zero-order chi connectivity index (χ0) is 16.5. The Labute approximate surface area is 145 Å². The molecule has 6 nitrogen and oxygen atoms in total. The van der Waals surface area contributed by atoms with Crippen molar-refractivity contribution in [1.29, 1.82) is 0 Å². The SMILES string of the molecule is Cn1nccc1C1CCCN(CC(=O)Nc2nc3c(s2)CCC3)C1. The Morgan fingerprint density at radius 2 is 2.33 bits per heavy atom. The molecule has 7 heteroatoms. The highest BCUT2D eigenvalue weighted by molar-refractivity contribution is 7.15. The van der Waals surface area contributed by atoms with Crippen LogP contribution in [0.3, 0.4) is 0 Å². The molecule has 0 radical (unpaired) electrons. The van der Waals surface area contributed by atoms with E-state index >= 15 is 0 Å². The number of carbonyl (C=O) groups is 1. The van der Waals surface area contributed by atoms with Gasteiger partial charge in [0.25, 0.3) is 0 Å². The first-order valence-electron chi connectivity index (χ1n) is 8.68. The van der Waals surface area contributed by atoms with Gasteiger partial charge in [0.1, 0.15) is 0 Å². The second-order valence-corrected chi connectivity index (χ2v) is 7.83. The molecule has 3 heterocycles. The molecule has 1 saturated heterocycles. The van der Waals surface area contributed by atoms with Gasteiger partial charge in [0.2, 0.25) is 5.91 Å². The van der Waals surface area contributed by atoms with Crippen molar-refractivity contribution in [3.8, 4) is 0 Å². The van der Waals surface area contributed by atoms with Gasteiger partial charge < -0.3 is 5.32 Å². The van der Waals surface area contributed by atoms with Gasteiger partial charge in [-0.2, -0.15) is 5.10 Å². The number of nitrogens with zero attached hydrogens (tertiary/aromatic N) is 4. The third kappa shape index (κ3) is 3.23. The highest BCUT2D eigenvalue weighted by Gasteiger charge is 2.25. The Morgan fingerprint density at radius 3 is 3.12 bits per heavy atom. The Morgan fingerprint density at radius 1 is 1.42 bits per heavy atom. The number of amides is 1. The fourth-order valence-electron chi connectivity index (χ4n) is 3.83. The zero-order valence-electron chi connectivity index (χ0n) is 14.0. The van der Waals surface area contributed by atoms with E-state index in [2.05, 4.69) is 26.4 Å². The van der Waals surface area contributed by atoms with Gasteiger partial charge in [-0.1, -0.05) is 0 Å². The quantitative estimate of drug-likeness (QED) is 0.923. The molecule has 2 aromatic rings. The van der Waals surface area contributed by atoms with E-state index in [0.29, 0.717) is 12.5 Å². The van der Waals surface area contributed by atoms with Crippen molar-refractivity contribution in [3.63, 3.8) is 0 Å². The number of fused-ring (bicyclic) bond motifs is 1. The highest BCUT2D eigenvalue weighted by atomic mass is 32.1. The molecule has 2 aliphatic rings. The summed E-state index contributed by atoms with van der Waals surface area (Å²) in [7, 11) is 1.99. The van der Waals surface area contributed by atoms with Gasteiger partial charge in [-0.15, -0.1) is 11.3 Å². The van der Waals surface area contributed by atoms with Gasteiger partial charge in [-0.3, -0.25) is 14.4 Å². The largest absolute Gasteiger partial charge is 0.301 e. The maximum absolute atomic E-state index is 12.4. The maximum atomic E-state index is 12.4. The molecular formula is C17H23N5OS. The van der Waals surface area contributed by atoms with Crippen LogP contribution >= 0.6 is 11.3 Å². The van der Waals surface area contributed by atoms with E-state index in [4.69, 9.17) is 0 Å². The van der Waals surface area contributed by atoms with Crippen LogP contribution in [0.4, 0.5) is 5.13 Å². The molecule has 1 aliphatic carbocycles. The normalized spacial score (nSPS) is 21.0. The number of piperidine rings is 1. The molecule has 1 aliphatic heterocycles. The van der Waals surface area contributed by atoms with Gasteiger partial charge in [-0.25, -0.2) is 4.98 Å². The van der Waals surface area contributed by atoms with Crippen molar-refractivity contribution in [2.45, 2.75) is 38.0 Å². The van der Waals surface area contributed by atoms with Crippen LogP contribution in [0.1, 0.15) is 41.4 Å². The Hall–Kier alpha value is -1.73. The van der Waals surface area contributed by atoms with Crippen LogP contribution in [-0.4, -0.2) is 45.2 Å². The summed E-state index contributed by atoms with van der Waals surface area (Å²) in [5.41, 5.74) is 2.45. The molecule has 128 valence electrons. The van der Waals surface area contributed by atoms with Crippen LogP contribution in [-0.2, 0) is 24.7 Å². The molecule has 1 atom stereocenters. The zero-order valence-corrected chi connectivity index (χ0v) is 14.8. The van der Waals surface area contributed by atoms with E-state index < -0.39 is 0 Å². The number of nitrogens with one attached hydrogen (secondary N) is 1. The predicted octanol–water partition coefficient (Wildman–Crippen LogP) is 2.18. The van der Waals surface area contributed by atoms with Crippen molar-refractivity contribution >= 4 is 22.4 Å². The van der Waals surface area contributed by atoms with Crippen molar-refractivity contribution in [2.24, 2.45) is 7.05 Å². The Bertz CT molecular complexity index is 716. The standard InChI is InChI=1S/C17H23N5OS/c1-21-14(7-8-18-21)12-4-3-9-22(10-12)11-16(23)20-17-19-13-5-2-6-15(13)24-17/h7-8,12H,2-6,9-11H2,1H3,(H,19,20,23). The molecular weight excluding hydrogens is 322 g/mol. The summed E-state index contributed by atoms with van der Waals surface area (Å²) < 4.78 is 1.95. The van der Waals surface area contributed by atoms with Crippen molar-refractivity contribution in [3.05, 3.63) is 28.5 Å². The van der Waals surface area contributed by atoms with Crippen LogP contribution in [0.15, 0.2) is 12.3 Å². The lowest BCUT2D eigenvalue weighted by atomic mass is 9.94. The summed E-state index contributed by atoms with van der Waals surface area (Å²) in [5.74, 6) is 0.510. The van der Waals surface area contributed by atoms with Gasteiger partial charge in [0.15, 0.2) is 5.13 Å². The molecule has 1 N–H and O–H groups in total. The number of hydrogen-bond acceptors (Lipinski definition) is 5. The number of likely N-dealkylation sites (tertiary alicyclic amines) is 1. The number of rotatable bonds is 4. The summed E-state index contributed by atoms with van der Waals surface area (Å²) in [5, 5.41) is 8.03. The summed E-state index contributed by atoms with van der Waals surface area (Å²) in [4.78, 5) is 20.5. The van der Waals surface area contributed by atoms with E-state index in [-0.39, 0.29) is 5.91 Å². The molecule has 0 saturated carbocycles. The average molecular weight is 345 g/mol. The van der Waals surface area contributed by atoms with E-state index in [1.807, 2.05) is 17.9 Å². The van der Waals surface area contributed by atoms with Gasteiger partial charge in [0.05, 0.1) is 12.2 Å². The summed E-state index contributed by atoms with van der Waals surface area (Å²) in [6.07, 6.45) is 7.50. The molecule has 4 rings (SSSR count). The van der Waals surface area contributed by atoms with Crippen LogP contribution in [0.2, 0.25) is 0 Å². The number of carbonyl (C=O) groups excluding carboxylic acids is 1. The molecule has 1 amide bonds. The minimum absolute atomic E-state index is 0.0491. The lowest BCUT2D eigenvalue weighted by Crippen LogP contribution is -2.40. The van der Waals surface area contributed by atoms with E-state index in [1.165, 1.54) is 22.7 Å². The number of anilines is 1. The van der Waals surface area contributed by atoms with Crippen LogP contribution in [0, 0.1) is 0 Å². The van der Waals surface area contributed by atoms with E-state index in [1.54, 1.807) is 11.3 Å². The number of thiazole rings is 1. The fraction of sp³-hybridized carbons (Fsp3) is 0.588. The monoisotopic (exact) mass is 345 g/mol. The minimum Gasteiger partial charge on any atom is -0.301 e. The minimum atomic E-state index is 0.0491. The molecule has 0 bridgehead atoms. The predicted molar refractivity (Wildman–Crippen MR) is 94.4 cm³/mol. The second kappa shape index (κ2) is 6.64. The lowest BCUT2D eigenvalue weighted by Gasteiger charge is -2.32. The second-order valence-electron chi connectivity index (χ2n) is 6.74.